The standard InChI is InChI=1S/C19H20ClFN2O2/c1-12(2)18(23-17(24)10-13-6-4-3-5-7-13)19(25)22-14-8-9-16(21)15(20)11-14/h3-9,11-12,18H,10H2,1-2H3,(H,22,25)(H,23,24). The van der Waals surface area contributed by atoms with Gasteiger partial charge in [-0.3, -0.25) is 9.59 Å². The lowest BCUT2D eigenvalue weighted by atomic mass is 10.0. The van der Waals surface area contributed by atoms with Crippen LogP contribution < -0.4 is 10.6 Å². The Hall–Kier alpha value is -2.40. The molecular formula is C19H20ClFN2O2. The van der Waals surface area contributed by atoms with E-state index in [2.05, 4.69) is 10.6 Å². The highest BCUT2D eigenvalue weighted by atomic mass is 35.5. The number of halogens is 2. The highest BCUT2D eigenvalue weighted by Gasteiger charge is 2.24. The molecule has 0 saturated carbocycles. The van der Waals surface area contributed by atoms with E-state index in [0.29, 0.717) is 5.69 Å². The molecule has 25 heavy (non-hydrogen) atoms. The Bertz CT molecular complexity index is 750. The summed E-state index contributed by atoms with van der Waals surface area (Å²) >= 11 is 5.72. The summed E-state index contributed by atoms with van der Waals surface area (Å²) in [5.41, 5.74) is 1.24. The van der Waals surface area contributed by atoms with Gasteiger partial charge in [0.25, 0.3) is 0 Å². The lowest BCUT2D eigenvalue weighted by Gasteiger charge is -2.22. The molecule has 0 saturated heterocycles. The van der Waals surface area contributed by atoms with Crippen LogP contribution in [0.1, 0.15) is 19.4 Å². The largest absolute Gasteiger partial charge is 0.344 e. The van der Waals surface area contributed by atoms with Crippen LogP contribution in [-0.4, -0.2) is 17.9 Å². The smallest absolute Gasteiger partial charge is 0.247 e. The molecule has 0 radical (unpaired) electrons. The third kappa shape index (κ3) is 5.57. The predicted molar refractivity (Wildman–Crippen MR) is 97.0 cm³/mol. The van der Waals surface area contributed by atoms with Crippen LogP contribution in [0, 0.1) is 11.7 Å². The van der Waals surface area contributed by atoms with Gasteiger partial charge in [0.05, 0.1) is 11.4 Å². The molecule has 1 unspecified atom stereocenters. The van der Waals surface area contributed by atoms with Crippen molar-refractivity contribution in [3.8, 4) is 0 Å². The Morgan fingerprint density at radius 1 is 1.12 bits per heavy atom. The number of rotatable bonds is 6. The number of carbonyl (C=O) groups is 2. The number of hydrogen-bond donors (Lipinski definition) is 2. The maximum absolute atomic E-state index is 13.2. The minimum Gasteiger partial charge on any atom is -0.344 e. The molecule has 0 heterocycles. The van der Waals surface area contributed by atoms with Crippen molar-refractivity contribution in [1.29, 1.82) is 0 Å². The summed E-state index contributed by atoms with van der Waals surface area (Å²) in [6, 6.07) is 12.5. The molecule has 2 aromatic rings. The van der Waals surface area contributed by atoms with Crippen molar-refractivity contribution < 1.29 is 14.0 Å². The van der Waals surface area contributed by atoms with Crippen molar-refractivity contribution in [2.75, 3.05) is 5.32 Å². The molecule has 2 rings (SSSR count). The lowest BCUT2D eigenvalue weighted by Crippen LogP contribution is -2.47. The van der Waals surface area contributed by atoms with Gasteiger partial charge in [-0.15, -0.1) is 0 Å². The first-order valence-electron chi connectivity index (χ1n) is 7.96. The van der Waals surface area contributed by atoms with E-state index in [1.165, 1.54) is 18.2 Å². The summed E-state index contributed by atoms with van der Waals surface area (Å²) < 4.78 is 13.2. The SMILES string of the molecule is CC(C)C(NC(=O)Cc1ccccc1)C(=O)Nc1ccc(F)c(Cl)c1. The van der Waals surface area contributed by atoms with Crippen LogP contribution in [0.5, 0.6) is 0 Å². The van der Waals surface area contributed by atoms with Crippen LogP contribution in [-0.2, 0) is 16.0 Å². The third-order valence-corrected chi connectivity index (χ3v) is 3.95. The summed E-state index contributed by atoms with van der Waals surface area (Å²) in [5, 5.41) is 5.33. The van der Waals surface area contributed by atoms with Crippen LogP contribution in [0.4, 0.5) is 10.1 Å². The van der Waals surface area contributed by atoms with Crippen LogP contribution >= 0.6 is 11.6 Å². The zero-order chi connectivity index (χ0) is 18.4. The predicted octanol–water partition coefficient (Wildman–Crippen LogP) is 3.80. The fraction of sp³-hybridized carbons (Fsp3) is 0.263. The number of anilines is 1. The van der Waals surface area contributed by atoms with Crippen molar-refractivity contribution in [1.82, 2.24) is 5.32 Å². The van der Waals surface area contributed by atoms with Crippen molar-refractivity contribution in [3.05, 3.63) is 64.9 Å². The summed E-state index contributed by atoms with van der Waals surface area (Å²) in [6.07, 6.45) is 0.194. The van der Waals surface area contributed by atoms with Gasteiger partial charge in [-0.25, -0.2) is 4.39 Å². The first kappa shape index (κ1) is 18.9. The van der Waals surface area contributed by atoms with Gasteiger partial charge >= 0.3 is 0 Å². The molecular weight excluding hydrogens is 343 g/mol. The van der Waals surface area contributed by atoms with Gasteiger partial charge in [0.1, 0.15) is 11.9 Å². The van der Waals surface area contributed by atoms with Gasteiger partial charge in [-0.05, 0) is 29.7 Å². The molecule has 132 valence electrons. The number of carbonyl (C=O) groups excluding carboxylic acids is 2. The summed E-state index contributed by atoms with van der Waals surface area (Å²) in [4.78, 5) is 24.7. The first-order chi connectivity index (χ1) is 11.9. The van der Waals surface area contributed by atoms with E-state index in [4.69, 9.17) is 11.6 Å². The summed E-state index contributed by atoms with van der Waals surface area (Å²) in [7, 11) is 0. The van der Waals surface area contributed by atoms with Crippen molar-refractivity contribution in [2.24, 2.45) is 5.92 Å². The second kappa shape index (κ2) is 8.62. The molecule has 1 atom stereocenters. The number of hydrogen-bond acceptors (Lipinski definition) is 2. The van der Waals surface area contributed by atoms with E-state index in [1.807, 2.05) is 44.2 Å². The van der Waals surface area contributed by atoms with E-state index >= 15 is 0 Å². The topological polar surface area (TPSA) is 58.2 Å². The lowest BCUT2D eigenvalue weighted by molar-refractivity contribution is -0.127. The summed E-state index contributed by atoms with van der Waals surface area (Å²) in [6.45, 7) is 3.68. The molecule has 0 aliphatic heterocycles. The van der Waals surface area contributed by atoms with Crippen molar-refractivity contribution in [3.63, 3.8) is 0 Å². The van der Waals surface area contributed by atoms with E-state index in [-0.39, 0.29) is 29.2 Å². The fourth-order valence-corrected chi connectivity index (χ4v) is 2.52. The van der Waals surface area contributed by atoms with Gasteiger partial charge < -0.3 is 10.6 Å². The van der Waals surface area contributed by atoms with Gasteiger partial charge in [0.15, 0.2) is 0 Å². The van der Waals surface area contributed by atoms with Gasteiger partial charge in [-0.1, -0.05) is 55.8 Å². The molecule has 4 nitrogen and oxygen atoms in total. The molecule has 2 amide bonds. The minimum absolute atomic E-state index is 0.0768. The van der Waals surface area contributed by atoms with Gasteiger partial charge in [0.2, 0.25) is 11.8 Å². The zero-order valence-electron chi connectivity index (χ0n) is 14.1. The molecule has 0 spiro atoms. The van der Waals surface area contributed by atoms with Crippen LogP contribution in [0.3, 0.4) is 0 Å². The molecule has 0 aliphatic carbocycles. The normalized spacial score (nSPS) is 11.9. The molecule has 0 bridgehead atoms. The third-order valence-electron chi connectivity index (χ3n) is 3.66. The van der Waals surface area contributed by atoms with Crippen molar-refractivity contribution in [2.45, 2.75) is 26.3 Å². The second-order valence-corrected chi connectivity index (χ2v) is 6.48. The Balaban J connectivity index is 2.02. The zero-order valence-corrected chi connectivity index (χ0v) is 14.8. The Morgan fingerprint density at radius 2 is 1.80 bits per heavy atom. The van der Waals surface area contributed by atoms with Crippen LogP contribution in [0.15, 0.2) is 48.5 Å². The second-order valence-electron chi connectivity index (χ2n) is 6.07. The number of nitrogens with one attached hydrogen (secondary N) is 2. The Morgan fingerprint density at radius 3 is 2.40 bits per heavy atom. The van der Waals surface area contributed by atoms with E-state index in [0.717, 1.165) is 5.56 Å². The molecule has 2 aromatic carbocycles. The average molecular weight is 363 g/mol. The number of amides is 2. The molecule has 0 aromatic heterocycles. The average Bonchev–Trinajstić information content (AvgIpc) is 2.56. The van der Waals surface area contributed by atoms with E-state index in [1.54, 1.807) is 0 Å². The van der Waals surface area contributed by atoms with Crippen LogP contribution in [0.2, 0.25) is 5.02 Å². The quantitative estimate of drug-likeness (QED) is 0.821. The molecule has 0 fully saturated rings. The fourth-order valence-electron chi connectivity index (χ4n) is 2.33. The Labute approximate surface area is 151 Å². The number of benzene rings is 2. The Kier molecular flexibility index (Phi) is 6.53. The maximum atomic E-state index is 13.2. The minimum atomic E-state index is -0.708. The van der Waals surface area contributed by atoms with Gasteiger partial charge in [0, 0.05) is 5.69 Å². The molecule has 6 heteroatoms. The van der Waals surface area contributed by atoms with Crippen LogP contribution in [0.25, 0.3) is 0 Å². The maximum Gasteiger partial charge on any atom is 0.247 e. The van der Waals surface area contributed by atoms with E-state index < -0.39 is 11.9 Å². The van der Waals surface area contributed by atoms with Gasteiger partial charge in [-0.2, -0.15) is 0 Å². The molecule has 0 aliphatic rings. The summed E-state index contributed by atoms with van der Waals surface area (Å²) in [5.74, 6) is -1.29. The van der Waals surface area contributed by atoms with Crippen molar-refractivity contribution >= 4 is 29.1 Å². The highest BCUT2D eigenvalue weighted by Crippen LogP contribution is 2.20. The monoisotopic (exact) mass is 362 g/mol. The van der Waals surface area contributed by atoms with E-state index in [9.17, 15) is 14.0 Å². The first-order valence-corrected chi connectivity index (χ1v) is 8.34. The highest BCUT2D eigenvalue weighted by molar-refractivity contribution is 6.31. The molecule has 2 N–H and O–H groups in total.